The lowest BCUT2D eigenvalue weighted by Crippen LogP contribution is -2.50. The third-order valence-corrected chi connectivity index (χ3v) is 4.86. The summed E-state index contributed by atoms with van der Waals surface area (Å²) < 4.78 is 0. The molecule has 4 nitrogen and oxygen atoms in total. The highest BCUT2D eigenvalue weighted by Gasteiger charge is 2.39. The van der Waals surface area contributed by atoms with Crippen LogP contribution in [-0.4, -0.2) is 35.0 Å². The molecule has 1 fully saturated rings. The minimum atomic E-state index is -0.752. The van der Waals surface area contributed by atoms with Gasteiger partial charge in [-0.1, -0.05) is 31.2 Å². The van der Waals surface area contributed by atoms with Crippen molar-refractivity contribution < 1.29 is 14.7 Å². The van der Waals surface area contributed by atoms with E-state index in [2.05, 4.69) is 0 Å². The molecule has 1 aromatic carbocycles. The van der Waals surface area contributed by atoms with E-state index >= 15 is 0 Å². The Labute approximate surface area is 132 Å². The number of carboxylic acids is 1. The number of aryl methyl sites for hydroxylation is 1. The lowest BCUT2D eigenvalue weighted by Gasteiger charge is -2.39. The predicted molar refractivity (Wildman–Crippen MR) is 85.7 cm³/mol. The van der Waals surface area contributed by atoms with Crippen molar-refractivity contribution in [3.8, 4) is 0 Å². The van der Waals surface area contributed by atoms with Crippen molar-refractivity contribution in [2.24, 2.45) is 11.8 Å². The molecule has 22 heavy (non-hydrogen) atoms. The van der Waals surface area contributed by atoms with Crippen LogP contribution in [0.4, 0.5) is 0 Å². The number of nitrogens with zero attached hydrogens (tertiary/aromatic N) is 1. The zero-order valence-corrected chi connectivity index (χ0v) is 13.8. The summed E-state index contributed by atoms with van der Waals surface area (Å²) in [6.07, 6.45) is 0.534. The lowest BCUT2D eigenvalue weighted by molar-refractivity contribution is -0.149. The van der Waals surface area contributed by atoms with Gasteiger partial charge in [0.05, 0.1) is 11.3 Å². The first-order chi connectivity index (χ1) is 10.2. The molecule has 4 heteroatoms. The van der Waals surface area contributed by atoms with Crippen LogP contribution >= 0.6 is 0 Å². The van der Waals surface area contributed by atoms with Crippen LogP contribution in [0.1, 0.15) is 38.3 Å². The van der Waals surface area contributed by atoms with E-state index in [1.54, 1.807) is 0 Å². The molecule has 0 aliphatic carbocycles. The molecule has 2 unspecified atom stereocenters. The Morgan fingerprint density at radius 2 is 1.91 bits per heavy atom. The molecule has 0 aromatic heterocycles. The molecule has 1 saturated heterocycles. The molecule has 1 aliphatic heterocycles. The highest BCUT2D eigenvalue weighted by atomic mass is 16.4. The number of carbonyl (C=O) groups excluding carboxylic acids is 1. The third kappa shape index (κ3) is 3.01. The fourth-order valence-corrected chi connectivity index (χ4v) is 3.48. The van der Waals surface area contributed by atoms with Gasteiger partial charge in [0, 0.05) is 13.1 Å². The standard InChI is InChI=1S/C18H25NO3/c1-12-7-5-6-8-15(12)18(3,4)17(22)19-10-9-14(16(20)21)13(2)11-19/h5-8,13-14H,9-11H2,1-4H3,(H,20,21). The van der Waals surface area contributed by atoms with E-state index in [0.29, 0.717) is 19.5 Å². The number of piperidine rings is 1. The molecule has 1 heterocycles. The maximum absolute atomic E-state index is 13.0. The van der Waals surface area contributed by atoms with Crippen molar-refractivity contribution in [2.75, 3.05) is 13.1 Å². The molecular weight excluding hydrogens is 278 g/mol. The van der Waals surface area contributed by atoms with Gasteiger partial charge in [0.15, 0.2) is 0 Å². The van der Waals surface area contributed by atoms with Gasteiger partial charge in [0.2, 0.25) is 5.91 Å². The van der Waals surface area contributed by atoms with Crippen LogP contribution < -0.4 is 0 Å². The van der Waals surface area contributed by atoms with Gasteiger partial charge in [-0.25, -0.2) is 0 Å². The summed E-state index contributed by atoms with van der Waals surface area (Å²) in [5, 5.41) is 9.20. The number of hydrogen-bond acceptors (Lipinski definition) is 2. The Morgan fingerprint density at radius 1 is 1.27 bits per heavy atom. The summed E-state index contributed by atoms with van der Waals surface area (Å²) in [5.74, 6) is -1.02. The van der Waals surface area contributed by atoms with Gasteiger partial charge in [-0.05, 0) is 44.2 Å². The largest absolute Gasteiger partial charge is 0.481 e. The van der Waals surface area contributed by atoms with Crippen molar-refractivity contribution in [1.82, 2.24) is 4.90 Å². The molecular formula is C18H25NO3. The zero-order chi connectivity index (χ0) is 16.5. The van der Waals surface area contributed by atoms with Gasteiger partial charge in [0.1, 0.15) is 0 Å². The molecule has 2 rings (SSSR count). The average Bonchev–Trinajstić information content (AvgIpc) is 2.46. The molecule has 0 bridgehead atoms. The van der Waals surface area contributed by atoms with Gasteiger partial charge in [0.25, 0.3) is 0 Å². The highest BCUT2D eigenvalue weighted by molar-refractivity contribution is 5.88. The first-order valence-corrected chi connectivity index (χ1v) is 7.83. The van der Waals surface area contributed by atoms with E-state index in [-0.39, 0.29) is 17.7 Å². The van der Waals surface area contributed by atoms with Gasteiger partial charge >= 0.3 is 5.97 Å². The number of benzene rings is 1. The number of aliphatic carboxylic acids is 1. The Kier molecular flexibility index (Phi) is 4.59. The first kappa shape index (κ1) is 16.5. The van der Waals surface area contributed by atoms with Crippen LogP contribution in [0.2, 0.25) is 0 Å². The van der Waals surface area contributed by atoms with E-state index in [9.17, 15) is 14.7 Å². The molecule has 120 valence electrons. The second-order valence-corrected chi connectivity index (χ2v) is 6.90. The van der Waals surface area contributed by atoms with Crippen LogP contribution in [0.5, 0.6) is 0 Å². The van der Waals surface area contributed by atoms with E-state index in [1.807, 2.05) is 56.9 Å². The second kappa shape index (κ2) is 6.11. The first-order valence-electron chi connectivity index (χ1n) is 7.83. The van der Waals surface area contributed by atoms with E-state index in [1.165, 1.54) is 0 Å². The van der Waals surface area contributed by atoms with Crippen LogP contribution in [0.15, 0.2) is 24.3 Å². The van der Waals surface area contributed by atoms with Crippen molar-refractivity contribution in [3.05, 3.63) is 35.4 Å². The summed E-state index contributed by atoms with van der Waals surface area (Å²) in [6, 6.07) is 7.95. The quantitative estimate of drug-likeness (QED) is 0.934. The third-order valence-electron chi connectivity index (χ3n) is 4.86. The SMILES string of the molecule is Cc1ccccc1C(C)(C)C(=O)N1CCC(C(=O)O)C(C)C1. The maximum Gasteiger partial charge on any atom is 0.306 e. The van der Waals surface area contributed by atoms with E-state index in [0.717, 1.165) is 11.1 Å². The Morgan fingerprint density at radius 3 is 2.45 bits per heavy atom. The van der Waals surface area contributed by atoms with E-state index in [4.69, 9.17) is 0 Å². The number of rotatable bonds is 3. The maximum atomic E-state index is 13.0. The number of carbonyl (C=O) groups is 2. The zero-order valence-electron chi connectivity index (χ0n) is 13.8. The van der Waals surface area contributed by atoms with Gasteiger partial charge < -0.3 is 10.0 Å². The fraction of sp³-hybridized carbons (Fsp3) is 0.556. The normalized spacial score (nSPS) is 22.5. The van der Waals surface area contributed by atoms with Crippen molar-refractivity contribution in [3.63, 3.8) is 0 Å². The Bertz CT molecular complexity index is 579. The van der Waals surface area contributed by atoms with Crippen LogP contribution in [0.25, 0.3) is 0 Å². The van der Waals surface area contributed by atoms with Crippen LogP contribution in [0, 0.1) is 18.8 Å². The minimum absolute atomic E-state index is 0.0112. The average molecular weight is 303 g/mol. The molecule has 0 saturated carbocycles. The molecule has 0 radical (unpaired) electrons. The summed E-state index contributed by atoms with van der Waals surface area (Å²) in [5.41, 5.74) is 1.54. The molecule has 1 aromatic rings. The number of amides is 1. The summed E-state index contributed by atoms with van der Waals surface area (Å²) in [4.78, 5) is 26.0. The second-order valence-electron chi connectivity index (χ2n) is 6.90. The molecule has 1 aliphatic rings. The predicted octanol–water partition coefficient (Wildman–Crippen LogP) is 2.84. The number of hydrogen-bond donors (Lipinski definition) is 1. The van der Waals surface area contributed by atoms with Crippen LogP contribution in [-0.2, 0) is 15.0 Å². The summed E-state index contributed by atoms with van der Waals surface area (Å²) in [6.45, 7) is 8.88. The molecule has 1 N–H and O–H groups in total. The summed E-state index contributed by atoms with van der Waals surface area (Å²) in [7, 11) is 0. The summed E-state index contributed by atoms with van der Waals surface area (Å²) >= 11 is 0. The van der Waals surface area contributed by atoms with Crippen molar-refractivity contribution in [1.29, 1.82) is 0 Å². The Balaban J connectivity index is 2.18. The minimum Gasteiger partial charge on any atom is -0.481 e. The van der Waals surface area contributed by atoms with Gasteiger partial charge in [-0.15, -0.1) is 0 Å². The lowest BCUT2D eigenvalue weighted by atomic mass is 9.79. The van der Waals surface area contributed by atoms with Crippen LogP contribution in [0.3, 0.4) is 0 Å². The monoisotopic (exact) mass is 303 g/mol. The highest BCUT2D eigenvalue weighted by Crippen LogP contribution is 2.31. The molecule has 2 atom stereocenters. The van der Waals surface area contributed by atoms with Gasteiger partial charge in [-0.2, -0.15) is 0 Å². The number of likely N-dealkylation sites (tertiary alicyclic amines) is 1. The number of carboxylic acid groups (broad SMARTS) is 1. The van der Waals surface area contributed by atoms with E-state index < -0.39 is 11.4 Å². The molecule has 0 spiro atoms. The Hall–Kier alpha value is -1.84. The van der Waals surface area contributed by atoms with Crippen molar-refractivity contribution in [2.45, 2.75) is 39.5 Å². The fourth-order valence-electron chi connectivity index (χ4n) is 3.48. The molecule has 1 amide bonds. The van der Waals surface area contributed by atoms with Gasteiger partial charge in [-0.3, -0.25) is 9.59 Å². The van der Waals surface area contributed by atoms with Crippen molar-refractivity contribution >= 4 is 11.9 Å². The topological polar surface area (TPSA) is 57.6 Å². The smallest absolute Gasteiger partial charge is 0.306 e.